The average Bonchev–Trinajstić information content (AvgIpc) is 2.84. The summed E-state index contributed by atoms with van der Waals surface area (Å²) >= 11 is 0. The molecule has 132 valence electrons. The van der Waals surface area contributed by atoms with Crippen LogP contribution in [0.3, 0.4) is 0 Å². The Morgan fingerprint density at radius 2 is 1.68 bits per heavy atom. The lowest BCUT2D eigenvalue weighted by Crippen LogP contribution is -2.30. The van der Waals surface area contributed by atoms with Crippen LogP contribution in [-0.2, 0) is 9.53 Å². The number of Topliss-reactive ketones (excluding diaryl/α,β-unsaturated/α-hetero) is 1. The molecule has 2 N–H and O–H groups in total. The number of rotatable bonds is 5. The molecule has 1 heterocycles. The molecular weight excluding hydrogens is 320 g/mol. The van der Waals surface area contributed by atoms with Gasteiger partial charge in [-0.2, -0.15) is 0 Å². The van der Waals surface area contributed by atoms with Gasteiger partial charge in [0.05, 0.1) is 0 Å². The van der Waals surface area contributed by atoms with Gasteiger partial charge in [-0.15, -0.1) is 0 Å². The van der Waals surface area contributed by atoms with Crippen molar-refractivity contribution < 1.29 is 19.1 Å². The number of ether oxygens (including phenoxy) is 1. The standard InChI is InChI=1S/C19H22N2O4/c1-10-6-8-15(9-7-10)21-18(23)14(5)25-19(24)17-11(2)16(13(4)22)12(3)20-17/h6-9,14,20H,1-5H3,(H,21,23)/t14-/m0/s1. The van der Waals surface area contributed by atoms with E-state index in [2.05, 4.69) is 10.3 Å². The first-order valence-electron chi connectivity index (χ1n) is 7.99. The molecule has 6 nitrogen and oxygen atoms in total. The lowest BCUT2D eigenvalue weighted by Gasteiger charge is -2.13. The predicted molar refractivity (Wildman–Crippen MR) is 95.0 cm³/mol. The summed E-state index contributed by atoms with van der Waals surface area (Å²) < 4.78 is 5.23. The van der Waals surface area contributed by atoms with E-state index < -0.39 is 18.0 Å². The molecule has 1 atom stereocenters. The third-order valence-electron chi connectivity index (χ3n) is 3.97. The summed E-state index contributed by atoms with van der Waals surface area (Å²) in [5.74, 6) is -1.22. The maximum Gasteiger partial charge on any atom is 0.355 e. The second-order valence-electron chi connectivity index (χ2n) is 6.08. The van der Waals surface area contributed by atoms with Gasteiger partial charge in [-0.05, 0) is 52.3 Å². The Balaban J connectivity index is 2.07. The van der Waals surface area contributed by atoms with Crippen LogP contribution in [-0.4, -0.2) is 28.7 Å². The van der Waals surface area contributed by atoms with Gasteiger partial charge in [-0.3, -0.25) is 9.59 Å². The Morgan fingerprint density at radius 1 is 1.08 bits per heavy atom. The fourth-order valence-corrected chi connectivity index (χ4v) is 2.64. The van der Waals surface area contributed by atoms with Crippen molar-refractivity contribution in [2.24, 2.45) is 0 Å². The first-order valence-corrected chi connectivity index (χ1v) is 7.99. The quantitative estimate of drug-likeness (QED) is 0.644. The Morgan fingerprint density at radius 3 is 2.20 bits per heavy atom. The number of aromatic amines is 1. The highest BCUT2D eigenvalue weighted by atomic mass is 16.5. The first kappa shape index (κ1) is 18.4. The third kappa shape index (κ3) is 4.15. The molecule has 6 heteroatoms. The highest BCUT2D eigenvalue weighted by Crippen LogP contribution is 2.20. The molecule has 0 aliphatic heterocycles. The van der Waals surface area contributed by atoms with Crippen molar-refractivity contribution in [2.45, 2.75) is 40.7 Å². The lowest BCUT2D eigenvalue weighted by molar-refractivity contribution is -0.123. The van der Waals surface area contributed by atoms with E-state index in [4.69, 9.17) is 4.74 Å². The molecule has 0 bridgehead atoms. The molecule has 0 unspecified atom stereocenters. The number of aromatic nitrogens is 1. The van der Waals surface area contributed by atoms with Crippen LogP contribution >= 0.6 is 0 Å². The van der Waals surface area contributed by atoms with Gasteiger partial charge in [0.2, 0.25) is 0 Å². The lowest BCUT2D eigenvalue weighted by atomic mass is 10.1. The van der Waals surface area contributed by atoms with Crippen LogP contribution in [0.25, 0.3) is 0 Å². The minimum atomic E-state index is -0.974. The van der Waals surface area contributed by atoms with Gasteiger partial charge >= 0.3 is 5.97 Å². The highest BCUT2D eigenvalue weighted by molar-refractivity contribution is 6.02. The third-order valence-corrected chi connectivity index (χ3v) is 3.97. The molecule has 0 saturated heterocycles. The number of ketones is 1. The summed E-state index contributed by atoms with van der Waals surface area (Å²) in [4.78, 5) is 39.0. The summed E-state index contributed by atoms with van der Waals surface area (Å²) in [7, 11) is 0. The maximum absolute atomic E-state index is 12.3. The molecule has 1 aromatic heterocycles. The van der Waals surface area contributed by atoms with Crippen molar-refractivity contribution in [3.8, 4) is 0 Å². The Kier molecular flexibility index (Phi) is 5.41. The van der Waals surface area contributed by atoms with Crippen LogP contribution in [0.5, 0.6) is 0 Å². The van der Waals surface area contributed by atoms with Crippen molar-refractivity contribution in [1.82, 2.24) is 4.98 Å². The van der Waals surface area contributed by atoms with Crippen molar-refractivity contribution in [1.29, 1.82) is 0 Å². The number of hydrogen-bond donors (Lipinski definition) is 2. The number of carbonyl (C=O) groups excluding carboxylic acids is 3. The average molecular weight is 342 g/mol. The van der Waals surface area contributed by atoms with E-state index in [9.17, 15) is 14.4 Å². The zero-order valence-electron chi connectivity index (χ0n) is 15.0. The predicted octanol–water partition coefficient (Wildman–Crippen LogP) is 3.33. The van der Waals surface area contributed by atoms with Crippen LogP contribution in [0, 0.1) is 20.8 Å². The molecule has 2 rings (SSSR count). The van der Waals surface area contributed by atoms with Gasteiger partial charge in [0.15, 0.2) is 11.9 Å². The van der Waals surface area contributed by atoms with Gasteiger partial charge in [-0.1, -0.05) is 17.7 Å². The fraction of sp³-hybridized carbons (Fsp3) is 0.316. The summed E-state index contributed by atoms with van der Waals surface area (Å²) in [6.07, 6.45) is -0.974. The zero-order valence-corrected chi connectivity index (χ0v) is 15.0. The SMILES string of the molecule is CC(=O)c1c(C)[nH]c(C(=O)O[C@@H](C)C(=O)Nc2ccc(C)cc2)c1C. The van der Waals surface area contributed by atoms with Gasteiger partial charge < -0.3 is 15.0 Å². The van der Waals surface area contributed by atoms with Crippen LogP contribution in [0.15, 0.2) is 24.3 Å². The molecular formula is C19H22N2O4. The molecule has 0 radical (unpaired) electrons. The number of aryl methyl sites for hydroxylation is 2. The second kappa shape index (κ2) is 7.34. The summed E-state index contributed by atoms with van der Waals surface area (Å²) in [6.45, 7) is 8.28. The number of nitrogens with one attached hydrogen (secondary N) is 2. The number of esters is 1. The Labute approximate surface area is 146 Å². The highest BCUT2D eigenvalue weighted by Gasteiger charge is 2.24. The molecule has 0 aliphatic rings. The van der Waals surface area contributed by atoms with Crippen LogP contribution in [0.2, 0.25) is 0 Å². The van der Waals surface area contributed by atoms with E-state index in [0.717, 1.165) is 5.56 Å². The van der Waals surface area contributed by atoms with Gasteiger partial charge in [0.1, 0.15) is 5.69 Å². The molecule has 2 aromatic rings. The monoisotopic (exact) mass is 342 g/mol. The van der Waals surface area contributed by atoms with Gasteiger partial charge in [0.25, 0.3) is 5.91 Å². The van der Waals surface area contributed by atoms with Crippen molar-refractivity contribution in [2.75, 3.05) is 5.32 Å². The van der Waals surface area contributed by atoms with Crippen molar-refractivity contribution in [3.05, 3.63) is 52.3 Å². The Hall–Kier alpha value is -2.89. The van der Waals surface area contributed by atoms with E-state index >= 15 is 0 Å². The molecule has 0 spiro atoms. The minimum Gasteiger partial charge on any atom is -0.448 e. The van der Waals surface area contributed by atoms with Gasteiger partial charge in [0, 0.05) is 16.9 Å². The number of benzene rings is 1. The van der Waals surface area contributed by atoms with Crippen LogP contribution in [0.1, 0.15) is 51.5 Å². The number of amides is 1. The summed E-state index contributed by atoms with van der Waals surface area (Å²) in [5.41, 5.74) is 3.51. The van der Waals surface area contributed by atoms with Crippen molar-refractivity contribution >= 4 is 23.3 Å². The molecule has 0 saturated carbocycles. The molecule has 1 aromatic carbocycles. The first-order chi connectivity index (χ1) is 11.7. The number of H-pyrrole nitrogens is 1. The zero-order chi connectivity index (χ0) is 18.7. The Bertz CT molecular complexity index is 819. The second-order valence-corrected chi connectivity index (χ2v) is 6.08. The van der Waals surface area contributed by atoms with E-state index in [-0.39, 0.29) is 11.5 Å². The van der Waals surface area contributed by atoms with E-state index in [1.165, 1.54) is 13.8 Å². The summed E-state index contributed by atoms with van der Waals surface area (Å²) in [5, 5.41) is 2.69. The molecule has 0 aliphatic carbocycles. The summed E-state index contributed by atoms with van der Waals surface area (Å²) in [6, 6.07) is 7.31. The largest absolute Gasteiger partial charge is 0.448 e. The normalized spacial score (nSPS) is 11.7. The molecule has 1 amide bonds. The van der Waals surface area contributed by atoms with Crippen molar-refractivity contribution in [3.63, 3.8) is 0 Å². The smallest absolute Gasteiger partial charge is 0.355 e. The molecule has 25 heavy (non-hydrogen) atoms. The number of carbonyl (C=O) groups is 3. The fourth-order valence-electron chi connectivity index (χ4n) is 2.64. The number of anilines is 1. The molecule has 0 fully saturated rings. The van der Waals surface area contributed by atoms with Crippen LogP contribution < -0.4 is 5.32 Å². The van der Waals surface area contributed by atoms with E-state index in [0.29, 0.717) is 22.5 Å². The van der Waals surface area contributed by atoms with E-state index in [1.807, 2.05) is 19.1 Å². The van der Waals surface area contributed by atoms with Crippen LogP contribution in [0.4, 0.5) is 5.69 Å². The van der Waals surface area contributed by atoms with Gasteiger partial charge in [-0.25, -0.2) is 4.79 Å². The van der Waals surface area contributed by atoms with E-state index in [1.54, 1.807) is 26.0 Å². The maximum atomic E-state index is 12.3. The minimum absolute atomic E-state index is 0.129. The topological polar surface area (TPSA) is 88.3 Å². The number of hydrogen-bond acceptors (Lipinski definition) is 4.